The SMILES string of the molecule is Cc1ccc(CN2CCC(CN)C2)cc1Cl.Cl. The van der Waals surface area contributed by atoms with Crippen LogP contribution in [0.4, 0.5) is 0 Å². The molecule has 0 aliphatic carbocycles. The van der Waals surface area contributed by atoms with Gasteiger partial charge in [-0.25, -0.2) is 0 Å². The standard InChI is InChI=1S/C13H19ClN2.ClH/c1-10-2-3-11(6-13(10)14)8-16-5-4-12(7-15)9-16;/h2-3,6,12H,4-5,7-9,15H2,1H3;1H. The van der Waals surface area contributed by atoms with E-state index < -0.39 is 0 Å². The van der Waals surface area contributed by atoms with Crippen molar-refractivity contribution in [2.45, 2.75) is 19.9 Å². The van der Waals surface area contributed by atoms with Crippen molar-refractivity contribution < 1.29 is 0 Å². The fourth-order valence-electron chi connectivity index (χ4n) is 2.24. The normalized spacial score (nSPS) is 20.3. The van der Waals surface area contributed by atoms with E-state index in [1.165, 1.54) is 12.0 Å². The fraction of sp³-hybridized carbons (Fsp3) is 0.538. The van der Waals surface area contributed by atoms with Gasteiger partial charge in [-0.2, -0.15) is 0 Å². The van der Waals surface area contributed by atoms with Gasteiger partial charge in [0.15, 0.2) is 0 Å². The van der Waals surface area contributed by atoms with E-state index in [1.807, 2.05) is 6.92 Å². The van der Waals surface area contributed by atoms with Crippen LogP contribution in [0, 0.1) is 12.8 Å². The van der Waals surface area contributed by atoms with Crippen LogP contribution < -0.4 is 5.73 Å². The summed E-state index contributed by atoms with van der Waals surface area (Å²) in [4.78, 5) is 2.46. The number of aryl methyl sites for hydroxylation is 1. The van der Waals surface area contributed by atoms with Gasteiger partial charge < -0.3 is 5.73 Å². The molecule has 1 atom stereocenters. The topological polar surface area (TPSA) is 29.3 Å². The molecule has 1 aliphatic heterocycles. The maximum absolute atomic E-state index is 6.12. The van der Waals surface area contributed by atoms with Gasteiger partial charge >= 0.3 is 0 Å². The van der Waals surface area contributed by atoms with Crippen molar-refractivity contribution in [1.29, 1.82) is 0 Å². The molecular formula is C13H20Cl2N2. The molecule has 2 nitrogen and oxygen atoms in total. The molecule has 1 heterocycles. The van der Waals surface area contributed by atoms with Crippen LogP contribution in [0.1, 0.15) is 17.5 Å². The predicted molar refractivity (Wildman–Crippen MR) is 75.9 cm³/mol. The van der Waals surface area contributed by atoms with Crippen LogP contribution in [0.25, 0.3) is 0 Å². The minimum Gasteiger partial charge on any atom is -0.330 e. The first kappa shape index (κ1) is 14.8. The lowest BCUT2D eigenvalue weighted by Crippen LogP contribution is -2.22. The van der Waals surface area contributed by atoms with Crippen LogP contribution >= 0.6 is 24.0 Å². The van der Waals surface area contributed by atoms with Crippen molar-refractivity contribution in [1.82, 2.24) is 4.90 Å². The first-order valence-corrected chi connectivity index (χ1v) is 6.24. The number of hydrogen-bond acceptors (Lipinski definition) is 2. The van der Waals surface area contributed by atoms with E-state index in [0.717, 1.165) is 36.8 Å². The van der Waals surface area contributed by atoms with E-state index >= 15 is 0 Å². The molecule has 96 valence electrons. The lowest BCUT2D eigenvalue weighted by molar-refractivity contribution is 0.318. The molecule has 2 rings (SSSR count). The molecule has 1 saturated heterocycles. The zero-order chi connectivity index (χ0) is 11.5. The predicted octanol–water partition coefficient (Wildman–Crippen LogP) is 2.85. The molecule has 1 aromatic carbocycles. The zero-order valence-corrected chi connectivity index (χ0v) is 11.7. The van der Waals surface area contributed by atoms with Crippen molar-refractivity contribution >= 4 is 24.0 Å². The first-order valence-electron chi connectivity index (χ1n) is 5.86. The van der Waals surface area contributed by atoms with Crippen molar-refractivity contribution in [3.8, 4) is 0 Å². The first-order chi connectivity index (χ1) is 7.69. The van der Waals surface area contributed by atoms with E-state index in [1.54, 1.807) is 0 Å². The Bertz CT molecular complexity index is 368. The Morgan fingerprint density at radius 3 is 2.82 bits per heavy atom. The molecular weight excluding hydrogens is 255 g/mol. The van der Waals surface area contributed by atoms with Crippen molar-refractivity contribution in [3.63, 3.8) is 0 Å². The van der Waals surface area contributed by atoms with Gasteiger partial charge in [-0.15, -0.1) is 12.4 Å². The molecule has 1 aliphatic rings. The summed E-state index contributed by atoms with van der Waals surface area (Å²) in [7, 11) is 0. The summed E-state index contributed by atoms with van der Waals surface area (Å²) < 4.78 is 0. The Kier molecular flexibility index (Phi) is 5.74. The highest BCUT2D eigenvalue weighted by atomic mass is 35.5. The second kappa shape index (κ2) is 6.60. The third kappa shape index (κ3) is 3.85. The summed E-state index contributed by atoms with van der Waals surface area (Å²) in [6.45, 7) is 6.13. The molecule has 0 spiro atoms. The van der Waals surface area contributed by atoms with Crippen LogP contribution in [0.3, 0.4) is 0 Å². The van der Waals surface area contributed by atoms with Gasteiger partial charge in [-0.1, -0.05) is 23.7 Å². The van der Waals surface area contributed by atoms with E-state index in [-0.39, 0.29) is 12.4 Å². The van der Waals surface area contributed by atoms with Crippen molar-refractivity contribution in [2.24, 2.45) is 11.7 Å². The number of likely N-dealkylation sites (tertiary alicyclic amines) is 1. The summed E-state index contributed by atoms with van der Waals surface area (Å²) in [6.07, 6.45) is 1.23. The van der Waals surface area contributed by atoms with Crippen molar-refractivity contribution in [2.75, 3.05) is 19.6 Å². The lowest BCUT2D eigenvalue weighted by Gasteiger charge is -2.16. The highest BCUT2D eigenvalue weighted by Gasteiger charge is 2.20. The number of benzene rings is 1. The molecule has 0 saturated carbocycles. The summed E-state index contributed by atoms with van der Waals surface area (Å²) in [5.74, 6) is 0.681. The van der Waals surface area contributed by atoms with E-state index in [9.17, 15) is 0 Å². The largest absolute Gasteiger partial charge is 0.330 e. The van der Waals surface area contributed by atoms with Gasteiger partial charge in [-0.3, -0.25) is 4.90 Å². The number of rotatable bonds is 3. The van der Waals surface area contributed by atoms with Gasteiger partial charge in [0, 0.05) is 18.1 Å². The minimum absolute atomic E-state index is 0. The average Bonchev–Trinajstić information content (AvgIpc) is 2.71. The molecule has 0 radical (unpaired) electrons. The number of nitrogens with zero attached hydrogens (tertiary/aromatic N) is 1. The molecule has 0 amide bonds. The highest BCUT2D eigenvalue weighted by molar-refractivity contribution is 6.31. The molecule has 4 heteroatoms. The number of hydrogen-bond donors (Lipinski definition) is 1. The minimum atomic E-state index is 0. The van der Waals surface area contributed by atoms with Gasteiger partial charge in [0.25, 0.3) is 0 Å². The Morgan fingerprint density at radius 1 is 1.47 bits per heavy atom. The third-order valence-electron chi connectivity index (χ3n) is 3.35. The van der Waals surface area contributed by atoms with Gasteiger partial charge in [0.05, 0.1) is 0 Å². The van der Waals surface area contributed by atoms with E-state index in [0.29, 0.717) is 5.92 Å². The Balaban J connectivity index is 0.00000144. The molecule has 0 aromatic heterocycles. The van der Waals surface area contributed by atoms with E-state index in [4.69, 9.17) is 17.3 Å². The monoisotopic (exact) mass is 274 g/mol. The third-order valence-corrected chi connectivity index (χ3v) is 3.75. The van der Waals surface area contributed by atoms with Gasteiger partial charge in [0.2, 0.25) is 0 Å². The molecule has 1 aromatic rings. The Morgan fingerprint density at radius 2 is 2.24 bits per heavy atom. The Labute approximate surface area is 115 Å². The van der Waals surface area contributed by atoms with Crippen LogP contribution in [0.5, 0.6) is 0 Å². The van der Waals surface area contributed by atoms with Crippen molar-refractivity contribution in [3.05, 3.63) is 34.3 Å². The maximum Gasteiger partial charge on any atom is 0.0438 e. The molecule has 2 N–H and O–H groups in total. The molecule has 0 bridgehead atoms. The molecule has 1 fully saturated rings. The number of halogens is 2. The lowest BCUT2D eigenvalue weighted by atomic mass is 10.1. The Hall–Kier alpha value is -0.280. The number of nitrogens with two attached hydrogens (primary N) is 1. The summed E-state index contributed by atoms with van der Waals surface area (Å²) in [5, 5.41) is 0.868. The summed E-state index contributed by atoms with van der Waals surface area (Å²) in [5.41, 5.74) is 8.13. The highest BCUT2D eigenvalue weighted by Crippen LogP contribution is 2.21. The molecule has 1 unspecified atom stereocenters. The van der Waals surface area contributed by atoms with E-state index in [2.05, 4.69) is 23.1 Å². The second-order valence-electron chi connectivity index (χ2n) is 4.71. The fourth-order valence-corrected chi connectivity index (χ4v) is 2.44. The van der Waals surface area contributed by atoms with Crippen LogP contribution in [0.2, 0.25) is 5.02 Å². The maximum atomic E-state index is 6.12. The quantitative estimate of drug-likeness (QED) is 0.919. The van der Waals surface area contributed by atoms with Crippen LogP contribution in [-0.4, -0.2) is 24.5 Å². The average molecular weight is 275 g/mol. The van der Waals surface area contributed by atoms with Gasteiger partial charge in [-0.05, 0) is 49.5 Å². The zero-order valence-electron chi connectivity index (χ0n) is 10.2. The summed E-state index contributed by atoms with van der Waals surface area (Å²) in [6, 6.07) is 6.33. The van der Waals surface area contributed by atoms with Gasteiger partial charge in [0.1, 0.15) is 0 Å². The smallest absolute Gasteiger partial charge is 0.0438 e. The second-order valence-corrected chi connectivity index (χ2v) is 5.12. The van der Waals surface area contributed by atoms with Crippen LogP contribution in [0.15, 0.2) is 18.2 Å². The van der Waals surface area contributed by atoms with Crippen LogP contribution in [-0.2, 0) is 6.54 Å². The molecule has 17 heavy (non-hydrogen) atoms. The summed E-state index contributed by atoms with van der Waals surface area (Å²) >= 11 is 6.12.